The minimum absolute atomic E-state index is 0.343. The van der Waals surface area contributed by atoms with Gasteiger partial charge in [-0.05, 0) is 0 Å². The molecule has 0 spiro atoms. The van der Waals surface area contributed by atoms with Crippen LogP contribution >= 0.6 is 0 Å². The van der Waals surface area contributed by atoms with E-state index in [9.17, 15) is 4.39 Å². The Hall–Kier alpha value is -0.900. The van der Waals surface area contributed by atoms with Crippen LogP contribution in [0, 0.1) is 0 Å². The van der Waals surface area contributed by atoms with Gasteiger partial charge in [0.1, 0.15) is 12.5 Å². The SMILES string of the molecule is NCc1cnc(CF)[nH]1. The number of halogens is 1. The van der Waals surface area contributed by atoms with Gasteiger partial charge in [0.05, 0.1) is 0 Å². The maximum atomic E-state index is 11.7. The Bertz CT molecular complexity index is 166. The fourth-order valence-corrected chi connectivity index (χ4v) is 0.577. The first-order valence-corrected chi connectivity index (χ1v) is 2.65. The van der Waals surface area contributed by atoms with Crippen LogP contribution in [0.25, 0.3) is 0 Å². The Kier molecular flexibility index (Phi) is 1.79. The van der Waals surface area contributed by atoms with Crippen LogP contribution in [0.4, 0.5) is 4.39 Å². The highest BCUT2D eigenvalue weighted by molar-refractivity contribution is 4.99. The number of nitrogens with zero attached hydrogens (tertiary/aromatic N) is 1. The molecule has 0 bridgehead atoms. The van der Waals surface area contributed by atoms with Crippen molar-refractivity contribution in [2.24, 2.45) is 5.73 Å². The number of H-pyrrole nitrogens is 1. The molecular weight excluding hydrogens is 121 g/mol. The zero-order valence-electron chi connectivity index (χ0n) is 4.89. The minimum atomic E-state index is -0.556. The molecule has 9 heavy (non-hydrogen) atoms. The second kappa shape index (κ2) is 2.59. The molecular formula is C5H8FN3. The predicted molar refractivity (Wildman–Crippen MR) is 31.3 cm³/mol. The number of hydrogen-bond donors (Lipinski definition) is 2. The molecule has 50 valence electrons. The van der Waals surface area contributed by atoms with Gasteiger partial charge in [-0.15, -0.1) is 0 Å². The van der Waals surface area contributed by atoms with Crippen molar-refractivity contribution in [3.05, 3.63) is 17.7 Å². The highest BCUT2D eigenvalue weighted by atomic mass is 19.1. The molecule has 0 aliphatic heterocycles. The summed E-state index contributed by atoms with van der Waals surface area (Å²) in [6.45, 7) is -0.174. The quantitative estimate of drug-likeness (QED) is 0.604. The van der Waals surface area contributed by atoms with Gasteiger partial charge in [0, 0.05) is 18.4 Å². The van der Waals surface area contributed by atoms with Crippen LogP contribution in [0.2, 0.25) is 0 Å². The standard InChI is InChI=1S/C5H8FN3/c6-1-5-8-3-4(2-7)9-5/h3H,1-2,7H2,(H,8,9). The van der Waals surface area contributed by atoms with Crippen LogP contribution < -0.4 is 5.73 Å². The average Bonchev–Trinajstić information content (AvgIpc) is 2.34. The Labute approximate surface area is 52.1 Å². The summed E-state index contributed by atoms with van der Waals surface area (Å²) in [5.41, 5.74) is 5.99. The lowest BCUT2D eigenvalue weighted by Gasteiger charge is -1.84. The zero-order valence-corrected chi connectivity index (χ0v) is 4.89. The van der Waals surface area contributed by atoms with Gasteiger partial charge < -0.3 is 10.7 Å². The molecule has 0 fully saturated rings. The van der Waals surface area contributed by atoms with Gasteiger partial charge >= 0.3 is 0 Å². The summed E-state index contributed by atoms with van der Waals surface area (Å²) in [7, 11) is 0. The number of imidazole rings is 1. The van der Waals surface area contributed by atoms with Crippen molar-refractivity contribution in [2.75, 3.05) is 0 Å². The third-order valence-corrected chi connectivity index (χ3v) is 1.03. The van der Waals surface area contributed by atoms with Crippen molar-refractivity contribution in [1.29, 1.82) is 0 Å². The molecule has 1 rings (SSSR count). The molecule has 1 heterocycles. The van der Waals surface area contributed by atoms with Crippen LogP contribution in [-0.4, -0.2) is 9.97 Å². The van der Waals surface area contributed by atoms with Crippen LogP contribution in [0.15, 0.2) is 6.20 Å². The minimum Gasteiger partial charge on any atom is -0.343 e. The number of nitrogens with one attached hydrogen (secondary N) is 1. The fraction of sp³-hybridized carbons (Fsp3) is 0.400. The van der Waals surface area contributed by atoms with E-state index in [1.165, 1.54) is 6.20 Å². The summed E-state index contributed by atoms with van der Waals surface area (Å²) >= 11 is 0. The van der Waals surface area contributed by atoms with Gasteiger partial charge in [0.2, 0.25) is 0 Å². The molecule has 0 amide bonds. The third kappa shape index (κ3) is 1.26. The largest absolute Gasteiger partial charge is 0.343 e. The summed E-state index contributed by atoms with van der Waals surface area (Å²) in [4.78, 5) is 6.40. The topological polar surface area (TPSA) is 54.7 Å². The second-order valence-electron chi connectivity index (χ2n) is 1.69. The van der Waals surface area contributed by atoms with E-state index in [1.54, 1.807) is 0 Å². The lowest BCUT2D eigenvalue weighted by atomic mass is 10.5. The van der Waals surface area contributed by atoms with Gasteiger partial charge in [0.15, 0.2) is 0 Å². The normalized spacial score (nSPS) is 10.0. The Balaban J connectivity index is 2.74. The van der Waals surface area contributed by atoms with Crippen molar-refractivity contribution in [3.63, 3.8) is 0 Å². The van der Waals surface area contributed by atoms with Gasteiger partial charge in [-0.3, -0.25) is 0 Å². The first kappa shape index (κ1) is 6.22. The number of alkyl halides is 1. The molecule has 1 aromatic rings. The van der Waals surface area contributed by atoms with E-state index in [-0.39, 0.29) is 0 Å². The summed E-state index contributed by atoms with van der Waals surface area (Å²) in [6, 6.07) is 0. The van der Waals surface area contributed by atoms with Gasteiger partial charge in [0.25, 0.3) is 0 Å². The maximum Gasteiger partial charge on any atom is 0.147 e. The van der Waals surface area contributed by atoms with E-state index in [0.29, 0.717) is 12.4 Å². The fourth-order valence-electron chi connectivity index (χ4n) is 0.577. The van der Waals surface area contributed by atoms with E-state index < -0.39 is 6.67 Å². The van der Waals surface area contributed by atoms with Crippen LogP contribution in [0.3, 0.4) is 0 Å². The highest BCUT2D eigenvalue weighted by Gasteiger charge is 1.95. The summed E-state index contributed by atoms with van der Waals surface area (Å²) in [5, 5.41) is 0. The monoisotopic (exact) mass is 129 g/mol. The van der Waals surface area contributed by atoms with E-state index >= 15 is 0 Å². The lowest BCUT2D eigenvalue weighted by Crippen LogP contribution is -1.95. The summed E-state index contributed by atoms with van der Waals surface area (Å²) < 4.78 is 11.7. The average molecular weight is 129 g/mol. The Morgan fingerprint density at radius 2 is 2.56 bits per heavy atom. The molecule has 0 saturated carbocycles. The molecule has 3 N–H and O–H groups in total. The van der Waals surface area contributed by atoms with Crippen molar-refractivity contribution < 1.29 is 4.39 Å². The number of nitrogens with two attached hydrogens (primary N) is 1. The molecule has 1 aromatic heterocycles. The van der Waals surface area contributed by atoms with Crippen molar-refractivity contribution in [2.45, 2.75) is 13.2 Å². The van der Waals surface area contributed by atoms with E-state index in [1.807, 2.05) is 0 Å². The molecule has 0 atom stereocenters. The summed E-state index contributed by atoms with van der Waals surface area (Å²) in [6.07, 6.45) is 1.54. The predicted octanol–water partition coefficient (Wildman–Crippen LogP) is 0.338. The summed E-state index contributed by atoms with van der Waals surface area (Å²) in [5.74, 6) is 0.343. The second-order valence-corrected chi connectivity index (χ2v) is 1.69. The van der Waals surface area contributed by atoms with E-state index in [0.717, 1.165) is 5.69 Å². The van der Waals surface area contributed by atoms with Crippen LogP contribution in [0.1, 0.15) is 11.5 Å². The van der Waals surface area contributed by atoms with E-state index in [2.05, 4.69) is 9.97 Å². The highest BCUT2D eigenvalue weighted by Crippen LogP contribution is 1.96. The van der Waals surface area contributed by atoms with Crippen molar-refractivity contribution >= 4 is 0 Å². The molecule has 0 radical (unpaired) electrons. The van der Waals surface area contributed by atoms with Gasteiger partial charge in [-0.2, -0.15) is 0 Å². The molecule has 0 aromatic carbocycles. The van der Waals surface area contributed by atoms with Crippen LogP contribution in [0.5, 0.6) is 0 Å². The van der Waals surface area contributed by atoms with Crippen molar-refractivity contribution in [1.82, 2.24) is 9.97 Å². The third-order valence-electron chi connectivity index (χ3n) is 1.03. The van der Waals surface area contributed by atoms with Gasteiger partial charge in [-0.25, -0.2) is 9.37 Å². The Morgan fingerprint density at radius 1 is 1.78 bits per heavy atom. The molecule has 4 heteroatoms. The van der Waals surface area contributed by atoms with Gasteiger partial charge in [-0.1, -0.05) is 0 Å². The van der Waals surface area contributed by atoms with Crippen LogP contribution in [-0.2, 0) is 13.2 Å². The number of rotatable bonds is 2. The van der Waals surface area contributed by atoms with Crippen molar-refractivity contribution in [3.8, 4) is 0 Å². The maximum absolute atomic E-state index is 11.7. The lowest BCUT2D eigenvalue weighted by molar-refractivity contribution is 0.468. The first-order chi connectivity index (χ1) is 4.36. The number of aromatic amines is 1. The molecule has 0 unspecified atom stereocenters. The zero-order chi connectivity index (χ0) is 6.69. The van der Waals surface area contributed by atoms with E-state index in [4.69, 9.17) is 5.73 Å². The molecule has 0 aliphatic carbocycles. The smallest absolute Gasteiger partial charge is 0.147 e. The number of hydrogen-bond acceptors (Lipinski definition) is 2. The molecule has 3 nitrogen and oxygen atoms in total. The molecule has 0 aliphatic rings. The molecule has 0 saturated heterocycles. The first-order valence-electron chi connectivity index (χ1n) is 2.65. The number of aromatic nitrogens is 2. The Morgan fingerprint density at radius 3 is 2.89 bits per heavy atom.